The van der Waals surface area contributed by atoms with Crippen LogP contribution in [0, 0.1) is 0 Å². The van der Waals surface area contributed by atoms with Gasteiger partial charge >= 0.3 is 12.1 Å². The predicted octanol–water partition coefficient (Wildman–Crippen LogP) is 0.606. The number of nitrogens with one attached hydrogen (secondary N) is 4. The molecule has 2 aliphatic rings. The van der Waals surface area contributed by atoms with Gasteiger partial charge in [0.05, 0.1) is 12.7 Å². The van der Waals surface area contributed by atoms with Crippen LogP contribution in [0.5, 0.6) is 0 Å². The molecule has 1 saturated heterocycles. The zero-order valence-corrected chi connectivity index (χ0v) is 25.4. The minimum atomic E-state index is -1.26. The highest BCUT2D eigenvalue weighted by atomic mass is 32.2. The van der Waals surface area contributed by atoms with Gasteiger partial charge in [-0.15, -0.1) is 28.2 Å². The van der Waals surface area contributed by atoms with Crippen molar-refractivity contribution in [1.29, 1.82) is 0 Å². The summed E-state index contributed by atoms with van der Waals surface area (Å²) in [7, 11) is 0. The number of hydrogen-bond donors (Lipinski definition) is 5. The van der Waals surface area contributed by atoms with Gasteiger partial charge in [0, 0.05) is 16.9 Å². The van der Waals surface area contributed by atoms with Crippen molar-refractivity contribution in [3.63, 3.8) is 0 Å². The Hall–Kier alpha value is -4.17. The van der Waals surface area contributed by atoms with Crippen LogP contribution in [-0.4, -0.2) is 108 Å². The van der Waals surface area contributed by atoms with E-state index in [0.29, 0.717) is 22.8 Å². The van der Waals surface area contributed by atoms with Gasteiger partial charge in [0.25, 0.3) is 11.8 Å². The Kier molecular flexibility index (Phi) is 10.2. The summed E-state index contributed by atoms with van der Waals surface area (Å²) in [6.07, 6.45) is 1.27. The van der Waals surface area contributed by atoms with Crippen LogP contribution in [0.1, 0.15) is 26.5 Å². The van der Waals surface area contributed by atoms with Gasteiger partial charge in [-0.1, -0.05) is 16.9 Å². The number of hydrogen-bond acceptors (Lipinski definition) is 14. The monoisotopic (exact) mass is 653 g/mol. The van der Waals surface area contributed by atoms with E-state index in [1.54, 1.807) is 20.8 Å². The van der Waals surface area contributed by atoms with E-state index in [1.807, 2.05) is 0 Å². The van der Waals surface area contributed by atoms with Gasteiger partial charge in [-0.2, -0.15) is 10.3 Å². The number of anilines is 1. The van der Waals surface area contributed by atoms with Crippen molar-refractivity contribution in [2.75, 3.05) is 30.0 Å². The third-order valence-electron chi connectivity index (χ3n) is 5.49. The number of thioether (sulfide) groups is 2. The van der Waals surface area contributed by atoms with Gasteiger partial charge in [0.15, 0.2) is 10.8 Å². The minimum Gasteiger partial charge on any atom is -0.477 e. The number of β-lactam (4-membered cyclic amide) rings is 1. The van der Waals surface area contributed by atoms with Crippen molar-refractivity contribution >= 4 is 76.0 Å². The van der Waals surface area contributed by atoms with Gasteiger partial charge < -0.3 is 30.6 Å². The fraction of sp³-hybridized carbons (Fsp3) is 0.435. The summed E-state index contributed by atoms with van der Waals surface area (Å²) in [6.45, 7) is 5.04. The Morgan fingerprint density at radius 1 is 1.35 bits per heavy atom. The lowest BCUT2D eigenvalue weighted by atomic mass is 10.0. The number of carboxylic acid groups (broad SMARTS) is 1. The first-order valence-electron chi connectivity index (χ1n) is 12.5. The first kappa shape index (κ1) is 31.8. The molecule has 0 aliphatic carbocycles. The summed E-state index contributed by atoms with van der Waals surface area (Å²) in [5.74, 6) is -2.07. The minimum absolute atomic E-state index is 0.0126. The molecule has 2 aromatic rings. The van der Waals surface area contributed by atoms with E-state index in [2.05, 4.69) is 41.5 Å². The molecule has 43 heavy (non-hydrogen) atoms. The zero-order valence-electron chi connectivity index (χ0n) is 23.0. The van der Waals surface area contributed by atoms with E-state index in [1.165, 1.54) is 35.1 Å². The molecule has 1 fully saturated rings. The molecule has 0 saturated carbocycles. The van der Waals surface area contributed by atoms with Gasteiger partial charge in [-0.05, 0) is 26.3 Å². The van der Waals surface area contributed by atoms with Crippen LogP contribution in [0.3, 0.4) is 0 Å². The summed E-state index contributed by atoms with van der Waals surface area (Å²) in [5, 5.41) is 32.9. The molecule has 5 N–H and O–H groups in total. The average molecular weight is 654 g/mol. The molecule has 0 spiro atoms. The molecule has 17 nitrogen and oxygen atoms in total. The van der Waals surface area contributed by atoms with Crippen molar-refractivity contribution in [1.82, 2.24) is 35.9 Å². The molecular weight excluding hydrogens is 627 g/mol. The number of carbonyl (C=O) groups is 5. The van der Waals surface area contributed by atoms with Crippen LogP contribution in [-0.2, 0) is 28.8 Å². The fourth-order valence-corrected chi connectivity index (χ4v) is 6.68. The Bertz CT molecular complexity index is 1440. The highest BCUT2D eigenvalue weighted by Gasteiger charge is 2.54. The summed E-state index contributed by atoms with van der Waals surface area (Å²) in [4.78, 5) is 71.7. The third-order valence-corrected chi connectivity index (χ3v) is 8.58. The molecule has 2 aliphatic heterocycles. The maximum Gasteiger partial charge on any atom is 0.407 e. The normalized spacial score (nSPS) is 18.3. The molecule has 4 amide bonds. The van der Waals surface area contributed by atoms with Gasteiger partial charge in [0.1, 0.15) is 40.0 Å². The van der Waals surface area contributed by atoms with E-state index in [-0.39, 0.29) is 41.1 Å². The molecule has 0 radical (unpaired) electrons. The van der Waals surface area contributed by atoms with Gasteiger partial charge in [-0.3, -0.25) is 19.3 Å². The number of aromatic nitrogens is 4. The molecule has 4 rings (SSSR count). The molecular formula is C23H27N9O8S3. The molecule has 230 valence electrons. The van der Waals surface area contributed by atoms with Crippen LogP contribution < -0.4 is 16.0 Å². The zero-order chi connectivity index (χ0) is 31.1. The lowest BCUT2D eigenvalue weighted by Gasteiger charge is -2.49. The number of alkyl carbamates (subject to hydrolysis) is 1. The third kappa shape index (κ3) is 8.02. The number of rotatable bonds is 13. The van der Waals surface area contributed by atoms with E-state index < -0.39 is 40.9 Å². The number of oxime groups is 1. The average Bonchev–Trinajstić information content (AvgIpc) is 3.63. The summed E-state index contributed by atoms with van der Waals surface area (Å²) in [6, 6.07) is -1.04. The van der Waals surface area contributed by atoms with E-state index in [4.69, 9.17) is 9.57 Å². The van der Waals surface area contributed by atoms with Crippen molar-refractivity contribution in [3.05, 3.63) is 28.5 Å². The molecule has 1 unspecified atom stereocenters. The molecule has 0 bridgehead atoms. The van der Waals surface area contributed by atoms with Crippen LogP contribution >= 0.6 is 34.9 Å². The van der Waals surface area contributed by atoms with Crippen LogP contribution in [0.25, 0.3) is 0 Å². The largest absolute Gasteiger partial charge is 0.477 e. The molecule has 0 aromatic carbocycles. The van der Waals surface area contributed by atoms with Crippen molar-refractivity contribution in [2.45, 2.75) is 42.8 Å². The van der Waals surface area contributed by atoms with E-state index in [0.717, 1.165) is 16.2 Å². The van der Waals surface area contributed by atoms with E-state index >= 15 is 0 Å². The summed E-state index contributed by atoms with van der Waals surface area (Å²) in [5.41, 5.74) is -0.512. The highest BCUT2D eigenvalue weighted by molar-refractivity contribution is 8.01. The Balaban J connectivity index is 1.43. The van der Waals surface area contributed by atoms with Crippen LogP contribution in [0.2, 0.25) is 0 Å². The second-order valence-corrected chi connectivity index (χ2v) is 12.7. The van der Waals surface area contributed by atoms with Gasteiger partial charge in [0.2, 0.25) is 6.41 Å². The SMILES string of the molecule is CC(C)(C)OC(=O)NCCON=C(C(=O)NC1C(=O)N2C(C(=O)O)=C(CSc3cn[nH]n3)CS[C@H]12)c1csc(NC=O)n1. The fourth-order valence-electron chi connectivity index (χ4n) is 3.75. The van der Waals surface area contributed by atoms with Crippen molar-refractivity contribution in [2.24, 2.45) is 5.16 Å². The smallest absolute Gasteiger partial charge is 0.407 e. The molecule has 2 atom stereocenters. The summed E-state index contributed by atoms with van der Waals surface area (Å²) >= 11 is 3.62. The Morgan fingerprint density at radius 3 is 2.81 bits per heavy atom. The number of H-pyrrole nitrogens is 1. The quantitative estimate of drug-likeness (QED) is 0.0499. The number of ether oxygens (including phenoxy) is 1. The standard InChI is InChI=1S/C23H27N9O8S3/c1-23(2,3)40-22(38)24-4-5-39-30-14(12-9-43-21(27-12)25-10-33)17(34)28-15-18(35)32-16(20(36)37)11(8-42-19(15)32)7-41-13-6-26-31-29-13/h6,9-10,15,19H,4-5,7-8H2,1-3H3,(H,24,38)(H,28,34)(H,36,37)(H,25,27,33)(H,26,29,31)/t15?,19-/m1/s1. The number of fused-ring (bicyclic) bond motifs is 1. The first-order valence-corrected chi connectivity index (χ1v) is 15.4. The number of thiazole rings is 1. The highest BCUT2D eigenvalue weighted by Crippen LogP contribution is 2.41. The molecule has 2 aromatic heterocycles. The first-order chi connectivity index (χ1) is 20.5. The van der Waals surface area contributed by atoms with Gasteiger partial charge in [-0.25, -0.2) is 14.6 Å². The topological polar surface area (TPSA) is 230 Å². The van der Waals surface area contributed by atoms with Crippen molar-refractivity contribution < 1.29 is 38.7 Å². The van der Waals surface area contributed by atoms with Crippen molar-refractivity contribution in [3.8, 4) is 0 Å². The van der Waals surface area contributed by atoms with E-state index in [9.17, 15) is 29.1 Å². The van der Waals surface area contributed by atoms with Crippen LogP contribution in [0.15, 0.2) is 33.0 Å². The number of carbonyl (C=O) groups excluding carboxylic acids is 4. The number of nitrogens with zero attached hydrogens (tertiary/aromatic N) is 5. The molecule has 20 heteroatoms. The summed E-state index contributed by atoms with van der Waals surface area (Å²) < 4.78 is 5.14. The van der Waals surface area contributed by atoms with Crippen LogP contribution in [0.4, 0.5) is 9.93 Å². The number of aromatic amines is 1. The Morgan fingerprint density at radius 2 is 2.14 bits per heavy atom. The number of carboxylic acids is 1. The predicted molar refractivity (Wildman–Crippen MR) is 155 cm³/mol. The lowest BCUT2D eigenvalue weighted by molar-refractivity contribution is -0.150. The lowest BCUT2D eigenvalue weighted by Crippen LogP contribution is -2.71. The molecule has 4 heterocycles. The Labute approximate surface area is 256 Å². The number of aliphatic carboxylic acids is 1. The maximum absolute atomic E-state index is 13.3. The maximum atomic E-state index is 13.3. The number of amides is 4. The second-order valence-electron chi connectivity index (χ2n) is 9.72. The second kappa shape index (κ2) is 13.9.